The molecule has 28 heteroatoms. The summed E-state index contributed by atoms with van der Waals surface area (Å²) in [6, 6.07) is 11.9. The lowest BCUT2D eigenvalue weighted by Crippen LogP contribution is -3.13. The Hall–Kier alpha value is -9.12. The van der Waals surface area contributed by atoms with Gasteiger partial charge in [-0.2, -0.15) is 15.0 Å². The van der Waals surface area contributed by atoms with Gasteiger partial charge in [0.05, 0.1) is 65.8 Å². The molecule has 9 N–H and O–H groups in total. The van der Waals surface area contributed by atoms with Gasteiger partial charge in [-0.15, -0.1) is 0 Å². The van der Waals surface area contributed by atoms with Gasteiger partial charge < -0.3 is 49.5 Å². The zero-order valence-corrected chi connectivity index (χ0v) is 59.7. The Labute approximate surface area is 574 Å². The number of likely N-dealkylation sites (tertiary alicyclic amines) is 2. The number of carbonyl (C=O) groups excluding carboxylic acids is 2. The first kappa shape index (κ1) is 74.1. The van der Waals surface area contributed by atoms with E-state index in [0.29, 0.717) is 54.2 Å². The van der Waals surface area contributed by atoms with Gasteiger partial charge in [-0.1, -0.05) is 19.3 Å². The summed E-state index contributed by atoms with van der Waals surface area (Å²) in [6.07, 6.45) is 10.2. The number of methoxy groups -OCH3 is 1. The van der Waals surface area contributed by atoms with Crippen LogP contribution in [0.5, 0.6) is 0 Å². The Balaban J connectivity index is 0.000000161. The topological polar surface area (TPSA) is 363 Å². The van der Waals surface area contributed by atoms with Crippen LogP contribution in [0.2, 0.25) is 0 Å². The highest BCUT2D eigenvalue weighted by molar-refractivity contribution is 5.83. The number of aromatic nitrogens is 12. The molecule has 0 spiro atoms. The molecular formula is C71H99N17O11+2. The standard InChI is InChI=1S/C25H34N6O4.C20H26N6O2.C14H14N4O3.C12H23NO2/c1-15-12-18-19(13-16(15)2)31(21-20(27-18)22(32)29-23(33)28-21)11-10-30-8-6-17(7-9-30)14-26-24(34)35-25(3,4)5;1-12-9-15-16(10-13(12)2)26(8-7-25-5-3-14(11-21)4-6-25)18-17(22-15)19(27)24-20(28)23-18;1-7-4-9-10(5-8(7)2)18(6-21-3)12-11(15-9)13(19)17-14(20)16-12;1-12(2,3)15-11(14)13-9-10-7-5-4-6-8-10/h12-13,17H,6-11,14H2,1-5H3,(H,26,34)(H,29,32,33);9-10,14H,3-8,11,21H2,1-2H3,(H,24,27,28);4-5H,6H2,1-3H3,(H,17,19,20);10H,4-9H2,1-3H3,(H,13,14)/p+2. The van der Waals surface area contributed by atoms with Crippen LogP contribution in [-0.2, 0) is 34.0 Å². The Kier molecular flexibility index (Phi) is 24.1. The van der Waals surface area contributed by atoms with E-state index in [1.54, 1.807) is 9.47 Å². The molecule has 2 saturated heterocycles. The zero-order valence-electron chi connectivity index (χ0n) is 59.7. The summed E-state index contributed by atoms with van der Waals surface area (Å²) in [4.78, 5) is 131. The van der Waals surface area contributed by atoms with Gasteiger partial charge in [0.2, 0.25) is 0 Å². The van der Waals surface area contributed by atoms with Crippen LogP contribution < -0.4 is 55.0 Å². The van der Waals surface area contributed by atoms with Crippen molar-refractivity contribution in [3.63, 3.8) is 0 Å². The monoisotopic (exact) mass is 1370 g/mol. The van der Waals surface area contributed by atoms with Crippen molar-refractivity contribution in [2.75, 3.05) is 66.0 Å². The number of piperidine rings is 2. The number of alkyl carbamates (subject to hydrolysis) is 2. The summed E-state index contributed by atoms with van der Waals surface area (Å²) < 4.78 is 21.3. The molecule has 99 heavy (non-hydrogen) atoms. The van der Waals surface area contributed by atoms with Crippen molar-refractivity contribution in [2.24, 2.45) is 17.8 Å². The van der Waals surface area contributed by atoms with Crippen molar-refractivity contribution in [3.05, 3.63) is 132 Å². The number of hydrogen-bond donors (Lipinski definition) is 7. The van der Waals surface area contributed by atoms with Crippen molar-refractivity contribution < 1.29 is 34.4 Å². The van der Waals surface area contributed by atoms with Crippen molar-refractivity contribution in [1.82, 2.24) is 74.1 Å². The minimum Gasteiger partial charge on any atom is -0.444 e. The highest BCUT2D eigenvalue weighted by atomic mass is 16.6. The lowest BCUT2D eigenvalue weighted by atomic mass is 9.89. The molecule has 28 nitrogen and oxygen atoms in total. The predicted molar refractivity (Wildman–Crippen MR) is 379 cm³/mol. The third-order valence-electron chi connectivity index (χ3n) is 18.8. The molecule has 0 unspecified atom stereocenters. The van der Waals surface area contributed by atoms with Crippen molar-refractivity contribution in [2.45, 2.75) is 172 Å². The molecule has 1 aliphatic carbocycles. The number of nitrogens with one attached hydrogen (secondary N) is 6. The van der Waals surface area contributed by atoms with E-state index < -0.39 is 44.9 Å². The average Bonchev–Trinajstić information content (AvgIpc) is 0.771. The van der Waals surface area contributed by atoms with Crippen LogP contribution in [0.25, 0.3) is 67.7 Å². The molecule has 3 fully saturated rings. The van der Waals surface area contributed by atoms with Crippen LogP contribution in [0.3, 0.4) is 0 Å². The van der Waals surface area contributed by atoms with Crippen LogP contribution in [-0.4, -0.2) is 153 Å². The summed E-state index contributed by atoms with van der Waals surface area (Å²) in [7, 11) is 1.54. The molecule has 0 aromatic heterocycles. The Morgan fingerprint density at radius 2 is 0.879 bits per heavy atom. The van der Waals surface area contributed by atoms with Gasteiger partial charge in [0.25, 0.3) is 16.7 Å². The number of aromatic amines is 3. The fourth-order valence-corrected chi connectivity index (χ4v) is 12.9. The quantitative estimate of drug-likeness (QED) is 0.0741. The Bertz CT molecular complexity index is 4610. The number of H-pyrrole nitrogens is 3. The number of hydrogen-bond acceptors (Lipinski definition) is 18. The normalized spacial score (nSPS) is 16.4. The zero-order chi connectivity index (χ0) is 71.6. The van der Waals surface area contributed by atoms with Gasteiger partial charge in [0.1, 0.15) is 17.9 Å². The van der Waals surface area contributed by atoms with Gasteiger partial charge in [-0.25, -0.2) is 38.9 Å². The average molecular weight is 1370 g/mol. The second-order valence-electron chi connectivity index (χ2n) is 28.7. The maximum atomic E-state index is 12.5. The number of rotatable bonds is 13. The van der Waals surface area contributed by atoms with Crippen LogP contribution >= 0.6 is 0 Å². The summed E-state index contributed by atoms with van der Waals surface area (Å²) in [5.74, 6) is 2.71. The van der Waals surface area contributed by atoms with Gasteiger partial charge in [0, 0.05) is 52.0 Å². The molecule has 0 atom stereocenters. The van der Waals surface area contributed by atoms with Crippen LogP contribution in [0.4, 0.5) is 9.59 Å². The third kappa shape index (κ3) is 19.4. The minimum absolute atomic E-state index is 0.127. The Morgan fingerprint density at radius 1 is 0.505 bits per heavy atom. The van der Waals surface area contributed by atoms with E-state index in [1.807, 2.05) is 116 Å². The number of ether oxygens (including phenoxy) is 3. The van der Waals surface area contributed by atoms with E-state index in [9.17, 15) is 38.4 Å². The molecule has 8 heterocycles. The predicted octanol–water partition coefficient (Wildman–Crippen LogP) is 5.07. The number of benzene rings is 3. The van der Waals surface area contributed by atoms with Gasteiger partial charge in [-0.3, -0.25) is 33.9 Å². The number of fused-ring (bicyclic) bond motifs is 6. The van der Waals surface area contributed by atoms with Crippen LogP contribution in [0, 0.1) is 59.3 Å². The molecule has 2 amide bonds. The van der Waals surface area contributed by atoms with E-state index in [2.05, 4.69) is 79.1 Å². The highest BCUT2D eigenvalue weighted by Crippen LogP contribution is 2.28. The molecule has 9 aliphatic rings. The number of carbonyl (C=O) groups is 2. The number of amides is 2. The van der Waals surface area contributed by atoms with Gasteiger partial charge >= 0.3 is 29.3 Å². The maximum Gasteiger partial charge on any atom is 0.407 e. The first-order valence-electron chi connectivity index (χ1n) is 34.5. The lowest BCUT2D eigenvalue weighted by Gasteiger charge is -2.32. The lowest BCUT2D eigenvalue weighted by molar-refractivity contribution is -0.907. The number of aryl methyl sites for hydroxylation is 6. The van der Waals surface area contributed by atoms with Crippen LogP contribution in [0.15, 0.2) is 65.2 Å². The van der Waals surface area contributed by atoms with Crippen molar-refractivity contribution >= 4 is 45.3 Å². The smallest absolute Gasteiger partial charge is 0.407 e. The molecule has 0 bridgehead atoms. The summed E-state index contributed by atoms with van der Waals surface area (Å²) in [5, 5.41) is 5.73. The van der Waals surface area contributed by atoms with E-state index in [0.717, 1.165) is 127 Å². The van der Waals surface area contributed by atoms with Gasteiger partial charge in [0.15, 0.2) is 34.6 Å². The molecule has 1 saturated carbocycles. The second kappa shape index (κ2) is 32.3. The summed E-state index contributed by atoms with van der Waals surface area (Å²) in [6.45, 7) is 32.9. The number of quaternary nitrogens is 2. The molecule has 532 valence electrons. The first-order valence-corrected chi connectivity index (χ1v) is 34.5. The fraction of sp³-hybridized carbons (Fsp3) is 0.549. The SMILES string of the molecule is CC(C)(C)OC(=O)NCC1CCCCC1.COCn1c2nc(=O)[nH]c(=O)c-2nc2cc(C)c(C)cc21.Cc1cc2nc3c(=O)[nH]c(=O)nc-3n(CCN3CCC(CNC(=O)OC(C)(C)C)CC3)c2cc1C.Cc1cc2nc3c(=O)[nH]c(=O)nc-3n(CC[NH+]3CCC(C[NH3+])CC3)c2cc1C. The van der Waals surface area contributed by atoms with Crippen molar-refractivity contribution in [1.29, 1.82) is 0 Å². The van der Waals surface area contributed by atoms with E-state index in [4.69, 9.17) is 14.2 Å². The van der Waals surface area contributed by atoms with Crippen molar-refractivity contribution in [3.8, 4) is 34.6 Å². The Morgan fingerprint density at radius 3 is 1.27 bits per heavy atom. The van der Waals surface area contributed by atoms with E-state index in [-0.39, 0.29) is 41.8 Å². The second-order valence-corrected chi connectivity index (χ2v) is 28.7. The fourth-order valence-electron chi connectivity index (χ4n) is 12.9. The first-order chi connectivity index (χ1) is 46.9. The molecular weight excluding hydrogens is 1270 g/mol. The summed E-state index contributed by atoms with van der Waals surface area (Å²) in [5.41, 5.74) is 11.4. The number of nitrogens with zero attached hydrogens (tertiary/aromatic N) is 10. The molecule has 8 aliphatic heterocycles. The van der Waals surface area contributed by atoms with E-state index >= 15 is 0 Å². The largest absolute Gasteiger partial charge is 0.444 e. The molecule has 3 aromatic carbocycles. The highest BCUT2D eigenvalue weighted by Gasteiger charge is 2.28. The maximum absolute atomic E-state index is 12.5. The molecule has 0 radical (unpaired) electrons. The molecule has 12 rings (SSSR count). The van der Waals surface area contributed by atoms with Gasteiger partial charge in [-0.05, 0) is 203 Å². The van der Waals surface area contributed by atoms with E-state index in [1.165, 1.54) is 52.1 Å². The van der Waals surface area contributed by atoms with Crippen LogP contribution in [0.1, 0.15) is 133 Å². The third-order valence-corrected chi connectivity index (χ3v) is 18.8. The molecule has 3 aromatic rings. The minimum atomic E-state index is -0.692. The summed E-state index contributed by atoms with van der Waals surface area (Å²) >= 11 is 0.